The number of rotatable bonds is 7. The second kappa shape index (κ2) is 8.35. The molecule has 1 heterocycles. The Morgan fingerprint density at radius 3 is 2.00 bits per heavy atom. The number of nitrogens with zero attached hydrogens (tertiary/aromatic N) is 1. The van der Waals surface area contributed by atoms with Gasteiger partial charge >= 0.3 is 5.97 Å². The molecular weight excluding hydrogens is 378 g/mol. The minimum absolute atomic E-state index is 0.000197. The van der Waals surface area contributed by atoms with Crippen LogP contribution < -0.4 is 0 Å². The summed E-state index contributed by atoms with van der Waals surface area (Å²) in [6, 6.07) is 0. The van der Waals surface area contributed by atoms with Crippen molar-refractivity contribution >= 4 is 28.3 Å². The summed E-state index contributed by atoms with van der Waals surface area (Å²) in [5, 5.41) is 4.11. The molecule has 0 bridgehead atoms. The molecule has 0 saturated heterocycles. The van der Waals surface area contributed by atoms with Gasteiger partial charge in [0.15, 0.2) is 28.5 Å². The first-order chi connectivity index (χ1) is 12.0. The molecule has 2 atom stereocenters. The Hall–Kier alpha value is -0.706. The number of hydrogen-bond acceptors (Lipinski definition) is 6. The predicted octanol–water partition coefficient (Wildman–Crippen LogP) is 4.72. The molecule has 1 aliphatic rings. The molecule has 0 amide bonds. The first-order valence-corrected chi connectivity index (χ1v) is 15.6. The van der Waals surface area contributed by atoms with Crippen molar-refractivity contribution in [2.75, 3.05) is 13.2 Å². The molecule has 0 aromatic carbocycles. The minimum atomic E-state index is -2.15. The highest BCUT2D eigenvalue weighted by Crippen LogP contribution is 2.40. The zero-order valence-corrected chi connectivity index (χ0v) is 21.1. The second-order valence-corrected chi connectivity index (χ2v) is 19.8. The Balaban J connectivity index is 3.02. The molecule has 27 heavy (non-hydrogen) atoms. The van der Waals surface area contributed by atoms with E-state index in [1.54, 1.807) is 6.92 Å². The third-order valence-corrected chi connectivity index (χ3v) is 15.0. The Labute approximate surface area is 167 Å². The van der Waals surface area contributed by atoms with Gasteiger partial charge in [0.25, 0.3) is 0 Å². The normalized spacial score (nSPS) is 21.7. The zero-order chi connectivity index (χ0) is 21.3. The molecule has 0 spiro atoms. The average molecular weight is 418 g/mol. The van der Waals surface area contributed by atoms with E-state index in [0.717, 1.165) is 0 Å². The van der Waals surface area contributed by atoms with Crippen LogP contribution in [0.3, 0.4) is 0 Å². The molecule has 0 saturated carbocycles. The van der Waals surface area contributed by atoms with Crippen LogP contribution in [0.25, 0.3) is 0 Å². The van der Waals surface area contributed by atoms with E-state index in [2.05, 4.69) is 72.9 Å². The van der Waals surface area contributed by atoms with E-state index in [1.807, 2.05) is 0 Å². The fraction of sp³-hybridized carbons (Fsp3) is 0.895. The van der Waals surface area contributed by atoms with Gasteiger partial charge < -0.3 is 18.4 Å². The number of carbonyl (C=O) groups is 1. The minimum Gasteiger partial charge on any atom is -0.461 e. The van der Waals surface area contributed by atoms with Gasteiger partial charge in [0.1, 0.15) is 6.10 Å². The molecule has 0 unspecified atom stereocenters. The third-order valence-electron chi connectivity index (χ3n) is 6.02. The zero-order valence-electron chi connectivity index (χ0n) is 19.1. The molecule has 0 fully saturated rings. The summed E-state index contributed by atoms with van der Waals surface area (Å²) >= 11 is 0. The smallest absolute Gasteiger partial charge is 0.358 e. The van der Waals surface area contributed by atoms with Crippen molar-refractivity contribution in [2.24, 2.45) is 5.16 Å². The standard InChI is InChI=1S/C19H39NO5Si2/c1-12-22-17(21)15-16(25-27(10,11)19(5,6)7)14(24-20-15)13-23-26(8,9)18(2,3)4/h14,16H,12-13H2,1-11H3/t14-,16+/m0/s1. The summed E-state index contributed by atoms with van der Waals surface area (Å²) in [5.74, 6) is -0.476. The maximum absolute atomic E-state index is 12.4. The molecule has 8 heteroatoms. The van der Waals surface area contributed by atoms with Crippen LogP contribution in [-0.4, -0.2) is 53.7 Å². The maximum Gasteiger partial charge on any atom is 0.358 e. The van der Waals surface area contributed by atoms with E-state index in [1.165, 1.54) is 0 Å². The van der Waals surface area contributed by atoms with Gasteiger partial charge in [-0.25, -0.2) is 4.79 Å². The lowest BCUT2D eigenvalue weighted by atomic mass is 10.1. The SMILES string of the molecule is CCOC(=O)C1=NO[C@@H](CO[Si](C)(C)C(C)(C)C)[C@H]1O[Si](C)(C)C(C)(C)C. The van der Waals surface area contributed by atoms with Crippen LogP contribution in [0.15, 0.2) is 5.16 Å². The molecule has 0 aromatic heterocycles. The van der Waals surface area contributed by atoms with E-state index in [-0.39, 0.29) is 22.4 Å². The Kier molecular flexibility index (Phi) is 7.52. The van der Waals surface area contributed by atoms with Crippen LogP contribution in [0, 0.1) is 0 Å². The van der Waals surface area contributed by atoms with Crippen LogP contribution in [0.4, 0.5) is 0 Å². The van der Waals surface area contributed by atoms with E-state index in [4.69, 9.17) is 18.4 Å². The highest BCUT2D eigenvalue weighted by atomic mass is 28.4. The molecule has 0 radical (unpaired) electrons. The highest BCUT2D eigenvalue weighted by molar-refractivity contribution is 6.74. The largest absolute Gasteiger partial charge is 0.461 e. The van der Waals surface area contributed by atoms with Crippen LogP contribution in [-0.2, 0) is 23.2 Å². The summed E-state index contributed by atoms with van der Waals surface area (Å²) in [5.41, 5.74) is 0.213. The van der Waals surface area contributed by atoms with Crippen molar-refractivity contribution in [3.05, 3.63) is 0 Å². The molecule has 1 aliphatic heterocycles. The lowest BCUT2D eigenvalue weighted by Crippen LogP contribution is -2.52. The van der Waals surface area contributed by atoms with Gasteiger partial charge in [0.05, 0.1) is 13.2 Å². The number of hydrogen-bond donors (Lipinski definition) is 0. The molecular formula is C19H39NO5Si2. The highest BCUT2D eigenvalue weighted by Gasteiger charge is 2.48. The van der Waals surface area contributed by atoms with E-state index >= 15 is 0 Å². The first-order valence-electron chi connectivity index (χ1n) is 9.76. The van der Waals surface area contributed by atoms with Crippen molar-refractivity contribution in [1.82, 2.24) is 0 Å². The molecule has 1 rings (SSSR count). The van der Waals surface area contributed by atoms with Crippen molar-refractivity contribution in [3.63, 3.8) is 0 Å². The lowest BCUT2D eigenvalue weighted by Gasteiger charge is -2.40. The van der Waals surface area contributed by atoms with Gasteiger partial charge in [-0.3, -0.25) is 0 Å². The number of esters is 1. The fourth-order valence-electron chi connectivity index (χ4n) is 2.02. The third kappa shape index (κ3) is 5.88. The van der Waals surface area contributed by atoms with Gasteiger partial charge in [0.2, 0.25) is 0 Å². The van der Waals surface area contributed by atoms with Gasteiger partial charge in [-0.15, -0.1) is 0 Å². The Bertz CT molecular complexity index is 561. The number of ether oxygens (including phenoxy) is 1. The Morgan fingerprint density at radius 1 is 1.04 bits per heavy atom. The summed E-state index contributed by atoms with van der Waals surface area (Å²) in [6.45, 7) is 24.2. The molecule has 6 nitrogen and oxygen atoms in total. The van der Waals surface area contributed by atoms with Crippen LogP contribution in [0.5, 0.6) is 0 Å². The summed E-state index contributed by atoms with van der Waals surface area (Å²) in [6.07, 6.45) is -0.998. The second-order valence-electron chi connectivity index (χ2n) is 10.2. The van der Waals surface area contributed by atoms with Crippen molar-refractivity contribution in [2.45, 2.75) is 96.9 Å². The van der Waals surface area contributed by atoms with Crippen LogP contribution in [0.1, 0.15) is 48.5 Å². The lowest BCUT2D eigenvalue weighted by molar-refractivity contribution is -0.135. The van der Waals surface area contributed by atoms with Gasteiger partial charge in [-0.1, -0.05) is 46.7 Å². The topological polar surface area (TPSA) is 66.4 Å². The molecule has 158 valence electrons. The van der Waals surface area contributed by atoms with Gasteiger partial charge in [-0.2, -0.15) is 0 Å². The monoisotopic (exact) mass is 417 g/mol. The van der Waals surface area contributed by atoms with Crippen molar-refractivity contribution in [1.29, 1.82) is 0 Å². The summed E-state index contributed by atoms with van der Waals surface area (Å²) < 4.78 is 18.0. The van der Waals surface area contributed by atoms with Crippen LogP contribution >= 0.6 is 0 Å². The summed E-state index contributed by atoms with van der Waals surface area (Å²) in [4.78, 5) is 18.0. The Morgan fingerprint density at radius 2 is 1.56 bits per heavy atom. The van der Waals surface area contributed by atoms with Crippen molar-refractivity contribution in [3.8, 4) is 0 Å². The number of oxime groups is 1. The molecule has 0 aromatic rings. The van der Waals surface area contributed by atoms with Crippen molar-refractivity contribution < 1.29 is 23.2 Å². The van der Waals surface area contributed by atoms with E-state index in [0.29, 0.717) is 6.61 Å². The fourth-order valence-corrected chi connectivity index (χ4v) is 4.28. The van der Waals surface area contributed by atoms with E-state index < -0.39 is 34.8 Å². The van der Waals surface area contributed by atoms with E-state index in [9.17, 15) is 4.79 Å². The van der Waals surface area contributed by atoms with Gasteiger partial charge in [0, 0.05) is 0 Å². The van der Waals surface area contributed by atoms with Crippen LogP contribution in [0.2, 0.25) is 36.3 Å². The quantitative estimate of drug-likeness (QED) is 0.443. The predicted molar refractivity (Wildman–Crippen MR) is 114 cm³/mol. The first kappa shape index (κ1) is 24.3. The average Bonchev–Trinajstić information content (AvgIpc) is 2.85. The molecule has 0 N–H and O–H groups in total. The summed E-state index contributed by atoms with van der Waals surface area (Å²) in [7, 11) is -4.10. The maximum atomic E-state index is 12.4. The van der Waals surface area contributed by atoms with Gasteiger partial charge in [-0.05, 0) is 43.2 Å². The molecule has 0 aliphatic carbocycles. The number of carbonyl (C=O) groups excluding carboxylic acids is 1.